The smallest absolute Gasteiger partial charge is 0.306 e. The first-order valence-corrected chi connectivity index (χ1v) is 35.0. The Hall–Kier alpha value is -4.19. The van der Waals surface area contributed by atoms with Gasteiger partial charge in [-0.25, -0.2) is 0 Å². The van der Waals surface area contributed by atoms with E-state index in [1.807, 2.05) is 6.08 Å². The van der Waals surface area contributed by atoms with Crippen LogP contribution in [0.5, 0.6) is 0 Å². The van der Waals surface area contributed by atoms with Gasteiger partial charge in [-0.3, -0.25) is 14.4 Å². The summed E-state index contributed by atoms with van der Waals surface area (Å²) in [7, 11) is 0. The monoisotopic (exact) mass is 1150 g/mol. The Balaban J connectivity index is 4.31. The van der Waals surface area contributed by atoms with Crippen LogP contribution in [0.15, 0.2) is 122 Å². The summed E-state index contributed by atoms with van der Waals surface area (Å²) in [6.07, 6.45) is 98.2. The Labute approximate surface area is 513 Å². The van der Waals surface area contributed by atoms with Crippen molar-refractivity contribution in [2.75, 3.05) is 13.2 Å². The maximum atomic E-state index is 12.9. The van der Waals surface area contributed by atoms with Crippen LogP contribution in [0.3, 0.4) is 0 Å². The maximum absolute atomic E-state index is 12.9. The Morgan fingerprint density at radius 1 is 0.253 bits per heavy atom. The molecule has 0 aromatic heterocycles. The number of esters is 3. The van der Waals surface area contributed by atoms with Gasteiger partial charge in [0.05, 0.1) is 0 Å². The van der Waals surface area contributed by atoms with Gasteiger partial charge in [-0.15, -0.1) is 0 Å². The first-order chi connectivity index (χ1) is 41.0. The summed E-state index contributed by atoms with van der Waals surface area (Å²) in [6, 6.07) is 0. The van der Waals surface area contributed by atoms with E-state index < -0.39 is 6.10 Å². The van der Waals surface area contributed by atoms with Gasteiger partial charge < -0.3 is 14.2 Å². The van der Waals surface area contributed by atoms with Gasteiger partial charge in [-0.1, -0.05) is 335 Å². The van der Waals surface area contributed by atoms with E-state index in [1.165, 1.54) is 180 Å². The second kappa shape index (κ2) is 70.3. The Kier molecular flexibility index (Phi) is 66.7. The SMILES string of the molecule is CC/C=C\C/C=C\C/C=C\C/C=C\C/C=C\C/C=C\CCCCCCCCCCCCC(=O)OCC(COC(=O)CC/C=C\C/C=C\C/C=C\C/C=C\CC)OC(=O)CCCCCCCCCCCCCCCCCCCCCCCCC. The topological polar surface area (TPSA) is 78.9 Å². The molecule has 0 aromatic carbocycles. The summed E-state index contributed by atoms with van der Waals surface area (Å²) in [6.45, 7) is 6.38. The molecule has 0 aliphatic heterocycles. The van der Waals surface area contributed by atoms with Gasteiger partial charge in [-0.05, 0) is 96.3 Å². The number of carbonyl (C=O) groups excluding carboxylic acids is 3. The van der Waals surface area contributed by atoms with Gasteiger partial charge >= 0.3 is 17.9 Å². The van der Waals surface area contributed by atoms with Crippen molar-refractivity contribution in [3.8, 4) is 0 Å². The minimum absolute atomic E-state index is 0.102. The van der Waals surface area contributed by atoms with Gasteiger partial charge in [0.25, 0.3) is 0 Å². The molecule has 6 heteroatoms. The molecule has 1 unspecified atom stereocenters. The molecule has 0 aromatic rings. The summed E-state index contributed by atoms with van der Waals surface area (Å²) in [4.78, 5) is 38.4. The lowest BCUT2D eigenvalue weighted by atomic mass is 10.0. The number of allylic oxidation sites excluding steroid dienone is 20. The van der Waals surface area contributed by atoms with Crippen molar-refractivity contribution in [2.24, 2.45) is 0 Å². The van der Waals surface area contributed by atoms with E-state index in [2.05, 4.69) is 136 Å². The summed E-state index contributed by atoms with van der Waals surface area (Å²) in [5.41, 5.74) is 0. The van der Waals surface area contributed by atoms with E-state index in [1.54, 1.807) is 0 Å². The fourth-order valence-electron chi connectivity index (χ4n) is 9.82. The first kappa shape index (κ1) is 78.8. The summed E-state index contributed by atoms with van der Waals surface area (Å²) in [5.74, 6) is -0.978. The summed E-state index contributed by atoms with van der Waals surface area (Å²) >= 11 is 0. The highest BCUT2D eigenvalue weighted by molar-refractivity contribution is 5.71. The van der Waals surface area contributed by atoms with Gasteiger partial charge in [-0.2, -0.15) is 0 Å². The third-order valence-corrected chi connectivity index (χ3v) is 15.0. The molecule has 0 rings (SSSR count). The number of rotatable bonds is 63. The van der Waals surface area contributed by atoms with Crippen molar-refractivity contribution in [3.05, 3.63) is 122 Å². The Morgan fingerprint density at radius 2 is 0.494 bits per heavy atom. The highest BCUT2D eigenvalue weighted by atomic mass is 16.6. The van der Waals surface area contributed by atoms with E-state index in [0.29, 0.717) is 19.3 Å². The van der Waals surface area contributed by atoms with Crippen molar-refractivity contribution >= 4 is 17.9 Å². The van der Waals surface area contributed by atoms with Gasteiger partial charge in [0.15, 0.2) is 6.10 Å². The normalized spacial score (nSPS) is 12.9. The fourth-order valence-corrected chi connectivity index (χ4v) is 9.82. The van der Waals surface area contributed by atoms with E-state index in [-0.39, 0.29) is 37.5 Å². The minimum Gasteiger partial charge on any atom is -0.462 e. The Morgan fingerprint density at radius 3 is 0.807 bits per heavy atom. The van der Waals surface area contributed by atoms with Crippen LogP contribution < -0.4 is 0 Å². The average molecular weight is 1150 g/mol. The number of hydrogen-bond acceptors (Lipinski definition) is 6. The second-order valence-corrected chi connectivity index (χ2v) is 23.0. The molecule has 1 atom stereocenters. The number of ether oxygens (including phenoxy) is 3. The third kappa shape index (κ3) is 68.5. The number of unbranched alkanes of at least 4 members (excludes halogenated alkanes) is 32. The summed E-state index contributed by atoms with van der Waals surface area (Å²) < 4.78 is 16.9. The number of hydrogen-bond donors (Lipinski definition) is 0. The highest BCUT2D eigenvalue weighted by Gasteiger charge is 2.19. The zero-order valence-corrected chi connectivity index (χ0v) is 54.4. The molecule has 0 aliphatic carbocycles. The molecule has 6 nitrogen and oxygen atoms in total. The van der Waals surface area contributed by atoms with Gasteiger partial charge in [0.1, 0.15) is 13.2 Å². The van der Waals surface area contributed by atoms with Crippen LogP contribution in [0, 0.1) is 0 Å². The van der Waals surface area contributed by atoms with Crippen molar-refractivity contribution in [2.45, 2.75) is 335 Å². The standard InChI is InChI=1S/C77H130O6/c1-4-7-10-13-16-19-22-25-27-29-31-33-35-36-37-38-39-40-42-43-45-47-49-52-55-58-61-64-67-70-76(79)82-73-74(72-81-75(78)69-66-63-60-57-54-51-24-21-18-15-12-9-6-3)83-77(80)71-68-65-62-59-56-53-50-48-46-44-41-34-32-30-28-26-23-20-17-14-11-8-5-2/h7,9-10,12,16,18-19,21,25,27,31,33,36-37,39-40,51,54,60,63,74H,4-6,8,11,13-15,17,20,22-24,26,28-30,32,34-35,38,41-50,52-53,55-59,61-62,64-73H2,1-3H3/b10-7-,12-9-,19-16-,21-18-,27-25-,33-31-,37-36-,40-39-,54-51-,63-60-. The molecular formula is C77H130O6. The lowest BCUT2D eigenvalue weighted by Gasteiger charge is -2.18. The zero-order chi connectivity index (χ0) is 59.9. The molecule has 0 amide bonds. The van der Waals surface area contributed by atoms with Crippen LogP contribution >= 0.6 is 0 Å². The molecule has 0 fully saturated rings. The lowest BCUT2D eigenvalue weighted by molar-refractivity contribution is -0.166. The van der Waals surface area contributed by atoms with Gasteiger partial charge in [0.2, 0.25) is 0 Å². The molecule has 0 heterocycles. The molecule has 0 saturated carbocycles. The molecule has 0 radical (unpaired) electrons. The molecule has 0 spiro atoms. The zero-order valence-electron chi connectivity index (χ0n) is 54.4. The van der Waals surface area contributed by atoms with E-state index in [4.69, 9.17) is 14.2 Å². The molecule has 83 heavy (non-hydrogen) atoms. The second-order valence-electron chi connectivity index (χ2n) is 23.0. The largest absolute Gasteiger partial charge is 0.462 e. The van der Waals surface area contributed by atoms with Crippen LogP contribution in [-0.2, 0) is 28.6 Å². The summed E-state index contributed by atoms with van der Waals surface area (Å²) in [5, 5.41) is 0. The molecule has 0 N–H and O–H groups in total. The predicted molar refractivity (Wildman–Crippen MR) is 362 cm³/mol. The molecular weight excluding hydrogens is 1020 g/mol. The lowest BCUT2D eigenvalue weighted by Crippen LogP contribution is -2.30. The first-order valence-electron chi connectivity index (χ1n) is 35.0. The van der Waals surface area contributed by atoms with Crippen molar-refractivity contribution in [3.63, 3.8) is 0 Å². The van der Waals surface area contributed by atoms with Crippen molar-refractivity contribution in [1.29, 1.82) is 0 Å². The van der Waals surface area contributed by atoms with Gasteiger partial charge in [0, 0.05) is 19.3 Å². The quantitative estimate of drug-likeness (QED) is 0.0261. The Bertz CT molecular complexity index is 1700. The molecule has 0 bridgehead atoms. The van der Waals surface area contributed by atoms with Crippen LogP contribution in [0.25, 0.3) is 0 Å². The molecule has 0 saturated heterocycles. The van der Waals surface area contributed by atoms with E-state index in [9.17, 15) is 14.4 Å². The van der Waals surface area contributed by atoms with Crippen LogP contribution in [0.4, 0.5) is 0 Å². The fraction of sp³-hybridized carbons (Fsp3) is 0.701. The average Bonchev–Trinajstić information content (AvgIpc) is 3.49. The van der Waals surface area contributed by atoms with Crippen LogP contribution in [0.1, 0.15) is 329 Å². The molecule has 474 valence electrons. The highest BCUT2D eigenvalue weighted by Crippen LogP contribution is 2.17. The number of carbonyl (C=O) groups is 3. The van der Waals surface area contributed by atoms with Crippen LogP contribution in [0.2, 0.25) is 0 Å². The maximum Gasteiger partial charge on any atom is 0.306 e. The predicted octanol–water partition coefficient (Wildman–Crippen LogP) is 24.3. The van der Waals surface area contributed by atoms with E-state index >= 15 is 0 Å². The minimum atomic E-state index is -0.811. The van der Waals surface area contributed by atoms with Crippen molar-refractivity contribution < 1.29 is 28.6 Å². The molecule has 0 aliphatic rings. The third-order valence-electron chi connectivity index (χ3n) is 15.0. The van der Waals surface area contributed by atoms with E-state index in [0.717, 1.165) is 103 Å². The van der Waals surface area contributed by atoms with Crippen LogP contribution in [-0.4, -0.2) is 37.2 Å². The van der Waals surface area contributed by atoms with Crippen molar-refractivity contribution in [1.82, 2.24) is 0 Å².